The molecule has 1 aliphatic rings. The minimum atomic E-state index is -4.69. The second-order valence-electron chi connectivity index (χ2n) is 6.17. The van der Waals surface area contributed by atoms with Crippen molar-refractivity contribution in [2.75, 3.05) is 13.1 Å². The quantitative estimate of drug-likeness (QED) is 0.792. The Kier molecular flexibility index (Phi) is 4.55. The number of aryl methyl sites for hydroxylation is 1. The van der Waals surface area contributed by atoms with Crippen molar-refractivity contribution in [3.63, 3.8) is 0 Å². The fraction of sp³-hybridized carbons (Fsp3) is 0.533. The van der Waals surface area contributed by atoms with Crippen LogP contribution in [0.2, 0.25) is 0 Å². The number of carbonyl (C=O) groups excluding carboxylic acids is 1. The molecule has 3 rings (SSSR count). The minimum absolute atomic E-state index is 0.211. The zero-order valence-corrected chi connectivity index (χ0v) is 14.2. The second kappa shape index (κ2) is 6.54. The summed E-state index contributed by atoms with van der Waals surface area (Å²) in [7, 11) is 1.05. The summed E-state index contributed by atoms with van der Waals surface area (Å²) in [6, 6.07) is -0.488. The Bertz CT molecular complexity index is 863. The summed E-state index contributed by atoms with van der Waals surface area (Å²) < 4.78 is 40.0. The summed E-state index contributed by atoms with van der Waals surface area (Å²) in [6.07, 6.45) is -1.15. The molecule has 1 aliphatic heterocycles. The van der Waals surface area contributed by atoms with Crippen LogP contribution in [0.4, 0.5) is 13.2 Å². The molecule has 0 aliphatic carbocycles. The van der Waals surface area contributed by atoms with Gasteiger partial charge in [0.1, 0.15) is 5.69 Å². The summed E-state index contributed by atoms with van der Waals surface area (Å²) in [4.78, 5) is 34.1. The highest BCUT2D eigenvalue weighted by Gasteiger charge is 2.39. The molecule has 0 N–H and O–H groups in total. The van der Waals surface area contributed by atoms with Gasteiger partial charge in [-0.1, -0.05) is 0 Å². The summed E-state index contributed by atoms with van der Waals surface area (Å²) in [5.74, 6) is -1.52. The van der Waals surface area contributed by atoms with E-state index < -0.39 is 23.7 Å². The Labute approximate surface area is 146 Å². The third kappa shape index (κ3) is 3.33. The van der Waals surface area contributed by atoms with Gasteiger partial charge in [-0.2, -0.15) is 13.2 Å². The third-order valence-corrected chi connectivity index (χ3v) is 4.35. The van der Waals surface area contributed by atoms with Crippen molar-refractivity contribution in [3.05, 3.63) is 40.1 Å². The van der Waals surface area contributed by atoms with Crippen molar-refractivity contribution in [2.45, 2.75) is 32.0 Å². The molecule has 0 atom stereocenters. The van der Waals surface area contributed by atoms with Gasteiger partial charge < -0.3 is 4.90 Å². The smallest absolute Gasteiger partial charge is 0.337 e. The van der Waals surface area contributed by atoms with E-state index in [1.165, 1.54) is 12.4 Å². The zero-order valence-electron chi connectivity index (χ0n) is 14.2. The number of halogens is 3. The zero-order chi connectivity index (χ0) is 19.1. The van der Waals surface area contributed by atoms with Crippen LogP contribution >= 0.6 is 0 Å². The number of nitrogens with zero attached hydrogens (tertiary/aromatic N) is 6. The molecule has 0 radical (unpaired) electrons. The van der Waals surface area contributed by atoms with Crippen molar-refractivity contribution in [1.29, 1.82) is 0 Å². The predicted octanol–water partition coefficient (Wildman–Crippen LogP) is 1.18. The van der Waals surface area contributed by atoms with E-state index in [9.17, 15) is 22.8 Å². The number of piperidine rings is 1. The van der Waals surface area contributed by atoms with Crippen LogP contribution in [0, 0.1) is 6.92 Å². The standard InChI is InChI=1S/C15H17F3N6O2/c1-9-7-20-11(8-19-9)12(25)23-5-3-10(4-6-23)24-14(26)22(2)13(21-24)15(16,17)18/h7-8,10H,3-6H2,1-2H3. The molecule has 3 heterocycles. The Hall–Kier alpha value is -2.72. The molecule has 1 amide bonds. The van der Waals surface area contributed by atoms with Gasteiger partial charge in [-0.05, 0) is 19.8 Å². The first kappa shape index (κ1) is 18.1. The molecule has 26 heavy (non-hydrogen) atoms. The van der Waals surface area contributed by atoms with Gasteiger partial charge in [0.15, 0.2) is 0 Å². The molecule has 0 spiro atoms. The van der Waals surface area contributed by atoms with Crippen molar-refractivity contribution < 1.29 is 18.0 Å². The first-order valence-electron chi connectivity index (χ1n) is 7.99. The predicted molar refractivity (Wildman–Crippen MR) is 83.4 cm³/mol. The second-order valence-corrected chi connectivity index (χ2v) is 6.17. The normalized spacial score (nSPS) is 16.1. The van der Waals surface area contributed by atoms with Gasteiger partial charge in [0.05, 0.1) is 17.9 Å². The molecule has 0 saturated carbocycles. The molecule has 140 valence electrons. The molecule has 2 aromatic rings. The number of likely N-dealkylation sites (tertiary alicyclic amines) is 1. The van der Waals surface area contributed by atoms with Gasteiger partial charge in [0.25, 0.3) is 5.91 Å². The molecule has 1 fully saturated rings. The number of aromatic nitrogens is 5. The molecule has 8 nitrogen and oxygen atoms in total. The van der Waals surface area contributed by atoms with E-state index in [1.807, 2.05) is 0 Å². The summed E-state index contributed by atoms with van der Waals surface area (Å²) in [6.45, 7) is 2.35. The van der Waals surface area contributed by atoms with Crippen LogP contribution in [0.15, 0.2) is 17.2 Å². The Morgan fingerprint density at radius 3 is 2.35 bits per heavy atom. The van der Waals surface area contributed by atoms with Crippen LogP contribution in [0.5, 0.6) is 0 Å². The van der Waals surface area contributed by atoms with E-state index in [2.05, 4.69) is 15.1 Å². The van der Waals surface area contributed by atoms with Crippen LogP contribution in [-0.4, -0.2) is 48.2 Å². The highest BCUT2D eigenvalue weighted by atomic mass is 19.4. The SMILES string of the molecule is Cc1cnc(C(=O)N2CCC(n3nc(C(F)(F)F)n(C)c3=O)CC2)cn1. The lowest BCUT2D eigenvalue weighted by molar-refractivity contribution is -0.147. The number of hydrogen-bond acceptors (Lipinski definition) is 5. The van der Waals surface area contributed by atoms with E-state index in [0.29, 0.717) is 36.2 Å². The summed E-state index contributed by atoms with van der Waals surface area (Å²) in [5.41, 5.74) is 0.0881. The van der Waals surface area contributed by atoms with Crippen LogP contribution < -0.4 is 5.69 Å². The molecule has 11 heteroatoms. The number of carbonyl (C=O) groups is 1. The van der Waals surface area contributed by atoms with Crippen molar-refractivity contribution >= 4 is 5.91 Å². The monoisotopic (exact) mass is 370 g/mol. The topological polar surface area (TPSA) is 85.9 Å². The molecule has 2 aromatic heterocycles. The summed E-state index contributed by atoms with van der Waals surface area (Å²) >= 11 is 0. The van der Waals surface area contributed by atoms with Gasteiger partial charge in [0.2, 0.25) is 5.82 Å². The Morgan fingerprint density at radius 1 is 1.19 bits per heavy atom. The maximum Gasteiger partial charge on any atom is 0.451 e. The number of hydrogen-bond donors (Lipinski definition) is 0. The van der Waals surface area contributed by atoms with Gasteiger partial charge in [-0.25, -0.2) is 14.5 Å². The van der Waals surface area contributed by atoms with Crippen LogP contribution in [0.1, 0.15) is 40.9 Å². The van der Waals surface area contributed by atoms with Crippen LogP contribution in [0.25, 0.3) is 0 Å². The molecule has 1 saturated heterocycles. The molecular weight excluding hydrogens is 353 g/mol. The average Bonchev–Trinajstić information content (AvgIpc) is 2.91. The van der Waals surface area contributed by atoms with Gasteiger partial charge in [-0.15, -0.1) is 5.10 Å². The van der Waals surface area contributed by atoms with Gasteiger partial charge in [0, 0.05) is 26.3 Å². The Balaban J connectivity index is 1.72. The van der Waals surface area contributed by atoms with E-state index in [-0.39, 0.29) is 11.6 Å². The fourth-order valence-corrected chi connectivity index (χ4v) is 2.92. The number of amides is 1. The average molecular weight is 370 g/mol. The number of rotatable bonds is 2. The molecular formula is C15H17F3N6O2. The van der Waals surface area contributed by atoms with E-state index in [0.717, 1.165) is 11.7 Å². The molecule has 0 bridgehead atoms. The molecule has 0 aromatic carbocycles. The maximum absolute atomic E-state index is 12.9. The lowest BCUT2D eigenvalue weighted by Crippen LogP contribution is -2.41. The largest absolute Gasteiger partial charge is 0.451 e. The van der Waals surface area contributed by atoms with Crippen LogP contribution in [0.3, 0.4) is 0 Å². The minimum Gasteiger partial charge on any atom is -0.337 e. The first-order valence-corrected chi connectivity index (χ1v) is 7.99. The van der Waals surface area contributed by atoms with Crippen LogP contribution in [-0.2, 0) is 13.2 Å². The molecule has 0 unspecified atom stereocenters. The third-order valence-electron chi connectivity index (χ3n) is 4.35. The maximum atomic E-state index is 12.9. The lowest BCUT2D eigenvalue weighted by atomic mass is 10.1. The van der Waals surface area contributed by atoms with Crippen molar-refractivity contribution in [1.82, 2.24) is 29.2 Å². The number of alkyl halides is 3. The Morgan fingerprint density at radius 2 is 1.85 bits per heavy atom. The van der Waals surface area contributed by atoms with E-state index in [1.54, 1.807) is 11.8 Å². The lowest BCUT2D eigenvalue weighted by Gasteiger charge is -2.31. The fourth-order valence-electron chi connectivity index (χ4n) is 2.92. The van der Waals surface area contributed by atoms with Crippen molar-refractivity contribution in [3.8, 4) is 0 Å². The highest BCUT2D eigenvalue weighted by molar-refractivity contribution is 5.92. The van der Waals surface area contributed by atoms with Gasteiger partial charge in [-0.3, -0.25) is 14.3 Å². The highest BCUT2D eigenvalue weighted by Crippen LogP contribution is 2.28. The van der Waals surface area contributed by atoms with Crippen molar-refractivity contribution in [2.24, 2.45) is 7.05 Å². The van der Waals surface area contributed by atoms with E-state index >= 15 is 0 Å². The van der Waals surface area contributed by atoms with Gasteiger partial charge >= 0.3 is 11.9 Å². The summed E-state index contributed by atoms with van der Waals surface area (Å²) in [5, 5.41) is 3.46. The van der Waals surface area contributed by atoms with E-state index in [4.69, 9.17) is 0 Å². The first-order chi connectivity index (χ1) is 12.2.